The van der Waals surface area contributed by atoms with E-state index in [1.54, 1.807) is 12.3 Å². The Hall–Kier alpha value is -3.45. The molecule has 138 valence electrons. The van der Waals surface area contributed by atoms with Crippen LogP contribution in [-0.4, -0.2) is 10.8 Å². The van der Waals surface area contributed by atoms with Crippen LogP contribution in [0.15, 0.2) is 71.3 Å². The highest BCUT2D eigenvalue weighted by Crippen LogP contribution is 2.13. The van der Waals surface area contributed by atoms with Gasteiger partial charge in [-0.3, -0.25) is 14.9 Å². The SMILES string of the molecule is O=C(NCc1cccc(COCc2ccco2)c1)c1cccc([N+](=O)[O-])c1. The van der Waals surface area contributed by atoms with E-state index >= 15 is 0 Å². The number of ether oxygens (including phenoxy) is 1. The predicted molar refractivity (Wildman–Crippen MR) is 97.9 cm³/mol. The standard InChI is InChI=1S/C20H18N2O5/c23-20(17-6-2-7-18(11-17)22(24)25)21-12-15-4-1-5-16(10-15)13-26-14-19-8-3-9-27-19/h1-11H,12-14H2,(H,21,23). The molecule has 1 N–H and O–H groups in total. The summed E-state index contributed by atoms with van der Waals surface area (Å²) in [5, 5.41) is 13.6. The Morgan fingerprint density at radius 2 is 1.85 bits per heavy atom. The number of nitro benzene ring substituents is 1. The van der Waals surface area contributed by atoms with Gasteiger partial charge in [-0.05, 0) is 29.3 Å². The number of rotatable bonds is 8. The van der Waals surface area contributed by atoms with Crippen LogP contribution in [0.1, 0.15) is 27.2 Å². The van der Waals surface area contributed by atoms with Gasteiger partial charge >= 0.3 is 0 Å². The molecule has 0 aliphatic rings. The average molecular weight is 366 g/mol. The maximum Gasteiger partial charge on any atom is 0.270 e. The lowest BCUT2D eigenvalue weighted by Gasteiger charge is -2.08. The van der Waals surface area contributed by atoms with Crippen molar-refractivity contribution in [3.63, 3.8) is 0 Å². The van der Waals surface area contributed by atoms with Crippen molar-refractivity contribution in [1.82, 2.24) is 5.32 Å². The molecule has 1 amide bonds. The van der Waals surface area contributed by atoms with Gasteiger partial charge in [-0.15, -0.1) is 0 Å². The number of nitrogens with zero attached hydrogens (tertiary/aromatic N) is 1. The van der Waals surface area contributed by atoms with E-state index < -0.39 is 4.92 Å². The van der Waals surface area contributed by atoms with Crippen molar-refractivity contribution in [2.75, 3.05) is 0 Å². The molecule has 1 heterocycles. The Morgan fingerprint density at radius 3 is 2.63 bits per heavy atom. The number of hydrogen-bond acceptors (Lipinski definition) is 5. The highest BCUT2D eigenvalue weighted by molar-refractivity contribution is 5.94. The Labute approximate surface area is 155 Å². The third-order valence-corrected chi connectivity index (χ3v) is 3.86. The molecule has 0 saturated heterocycles. The molecule has 3 rings (SSSR count). The molecule has 27 heavy (non-hydrogen) atoms. The number of hydrogen-bond donors (Lipinski definition) is 1. The second-order valence-corrected chi connectivity index (χ2v) is 5.88. The van der Waals surface area contributed by atoms with E-state index in [2.05, 4.69) is 5.32 Å². The van der Waals surface area contributed by atoms with Crippen molar-refractivity contribution >= 4 is 11.6 Å². The zero-order valence-electron chi connectivity index (χ0n) is 14.5. The Balaban J connectivity index is 1.54. The molecule has 7 nitrogen and oxygen atoms in total. The monoisotopic (exact) mass is 366 g/mol. The summed E-state index contributed by atoms with van der Waals surface area (Å²) in [6.07, 6.45) is 1.60. The molecule has 3 aromatic rings. The third-order valence-electron chi connectivity index (χ3n) is 3.86. The van der Waals surface area contributed by atoms with E-state index in [0.717, 1.165) is 16.9 Å². The van der Waals surface area contributed by atoms with Crippen LogP contribution in [-0.2, 0) is 24.5 Å². The van der Waals surface area contributed by atoms with Crippen molar-refractivity contribution < 1.29 is 18.9 Å². The lowest BCUT2D eigenvalue weighted by molar-refractivity contribution is -0.384. The lowest BCUT2D eigenvalue weighted by atomic mass is 10.1. The summed E-state index contributed by atoms with van der Waals surface area (Å²) in [6, 6.07) is 17.0. The van der Waals surface area contributed by atoms with Crippen LogP contribution in [0.3, 0.4) is 0 Å². The van der Waals surface area contributed by atoms with E-state index in [-0.39, 0.29) is 17.2 Å². The highest BCUT2D eigenvalue weighted by Gasteiger charge is 2.11. The number of carbonyl (C=O) groups is 1. The van der Waals surface area contributed by atoms with Gasteiger partial charge in [0.05, 0.1) is 17.8 Å². The molecule has 0 bridgehead atoms. The Morgan fingerprint density at radius 1 is 1.04 bits per heavy atom. The van der Waals surface area contributed by atoms with Crippen LogP contribution >= 0.6 is 0 Å². The Kier molecular flexibility index (Phi) is 5.96. The van der Waals surface area contributed by atoms with Gasteiger partial charge in [-0.2, -0.15) is 0 Å². The van der Waals surface area contributed by atoms with E-state index in [9.17, 15) is 14.9 Å². The molecular weight excluding hydrogens is 348 g/mol. The summed E-state index contributed by atoms with van der Waals surface area (Å²) in [5.41, 5.74) is 2.03. The number of nitro groups is 1. The molecule has 0 radical (unpaired) electrons. The molecule has 0 spiro atoms. The second-order valence-electron chi connectivity index (χ2n) is 5.88. The zero-order chi connectivity index (χ0) is 19.1. The summed E-state index contributed by atoms with van der Waals surface area (Å²) in [4.78, 5) is 22.5. The number of nitrogens with one attached hydrogen (secondary N) is 1. The summed E-state index contributed by atoms with van der Waals surface area (Å²) in [5.74, 6) is 0.397. The fraction of sp³-hybridized carbons (Fsp3) is 0.150. The molecule has 0 saturated carbocycles. The fourth-order valence-electron chi connectivity index (χ4n) is 2.54. The minimum atomic E-state index is -0.525. The first-order chi connectivity index (χ1) is 13.1. The maximum atomic E-state index is 12.2. The number of carbonyl (C=O) groups excluding carboxylic acids is 1. The van der Waals surface area contributed by atoms with Crippen LogP contribution in [0.25, 0.3) is 0 Å². The molecular formula is C20H18N2O5. The number of non-ortho nitro benzene ring substituents is 1. The van der Waals surface area contributed by atoms with Gasteiger partial charge in [0.2, 0.25) is 0 Å². The number of amides is 1. The van der Waals surface area contributed by atoms with Crippen molar-refractivity contribution in [2.24, 2.45) is 0 Å². The van der Waals surface area contributed by atoms with E-state index in [4.69, 9.17) is 9.15 Å². The summed E-state index contributed by atoms with van der Waals surface area (Å²) in [6.45, 7) is 1.13. The number of benzene rings is 2. The van der Waals surface area contributed by atoms with Gasteiger partial charge < -0.3 is 14.5 Å². The normalized spacial score (nSPS) is 10.5. The highest BCUT2D eigenvalue weighted by atomic mass is 16.6. The van der Waals surface area contributed by atoms with E-state index in [0.29, 0.717) is 19.8 Å². The predicted octanol–water partition coefficient (Wildman–Crippen LogP) is 3.83. The zero-order valence-corrected chi connectivity index (χ0v) is 14.5. The first kappa shape index (κ1) is 18.3. The van der Waals surface area contributed by atoms with E-state index in [1.165, 1.54) is 18.2 Å². The molecule has 0 aliphatic carbocycles. The van der Waals surface area contributed by atoms with Gasteiger partial charge in [0.1, 0.15) is 12.4 Å². The van der Waals surface area contributed by atoms with Crippen molar-refractivity contribution in [3.05, 3.63) is 99.5 Å². The summed E-state index contributed by atoms with van der Waals surface area (Å²) >= 11 is 0. The van der Waals surface area contributed by atoms with Crippen molar-refractivity contribution in [2.45, 2.75) is 19.8 Å². The van der Waals surface area contributed by atoms with Gasteiger partial charge in [0, 0.05) is 24.2 Å². The number of furan rings is 1. The first-order valence-corrected chi connectivity index (χ1v) is 8.32. The quantitative estimate of drug-likeness (QED) is 0.483. The minimum Gasteiger partial charge on any atom is -0.467 e. The Bertz CT molecular complexity index is 922. The van der Waals surface area contributed by atoms with Gasteiger partial charge in [0.25, 0.3) is 11.6 Å². The molecule has 0 unspecified atom stereocenters. The minimum absolute atomic E-state index is 0.113. The molecule has 0 atom stereocenters. The molecule has 7 heteroatoms. The van der Waals surface area contributed by atoms with Crippen LogP contribution in [0.5, 0.6) is 0 Å². The fourth-order valence-corrected chi connectivity index (χ4v) is 2.54. The largest absolute Gasteiger partial charge is 0.467 e. The van der Waals surface area contributed by atoms with E-state index in [1.807, 2.05) is 36.4 Å². The van der Waals surface area contributed by atoms with Crippen LogP contribution < -0.4 is 5.32 Å². The molecule has 1 aromatic heterocycles. The first-order valence-electron chi connectivity index (χ1n) is 8.32. The molecule has 2 aromatic carbocycles. The second kappa shape index (κ2) is 8.77. The van der Waals surface area contributed by atoms with Crippen molar-refractivity contribution in [1.29, 1.82) is 0 Å². The van der Waals surface area contributed by atoms with Gasteiger partial charge in [-0.1, -0.05) is 30.3 Å². The third kappa shape index (κ3) is 5.26. The van der Waals surface area contributed by atoms with Crippen LogP contribution in [0.2, 0.25) is 0 Å². The molecule has 0 fully saturated rings. The topological polar surface area (TPSA) is 94.6 Å². The van der Waals surface area contributed by atoms with Gasteiger partial charge in [-0.25, -0.2) is 0 Å². The summed E-state index contributed by atoms with van der Waals surface area (Å²) < 4.78 is 10.8. The van der Waals surface area contributed by atoms with Crippen LogP contribution in [0.4, 0.5) is 5.69 Å². The summed E-state index contributed by atoms with van der Waals surface area (Å²) in [7, 11) is 0. The molecule has 0 aliphatic heterocycles. The van der Waals surface area contributed by atoms with Crippen LogP contribution in [0, 0.1) is 10.1 Å². The average Bonchev–Trinajstić information content (AvgIpc) is 3.20. The van der Waals surface area contributed by atoms with Gasteiger partial charge in [0.15, 0.2) is 0 Å². The lowest BCUT2D eigenvalue weighted by Crippen LogP contribution is -2.22. The smallest absolute Gasteiger partial charge is 0.270 e. The van der Waals surface area contributed by atoms with Crippen molar-refractivity contribution in [3.8, 4) is 0 Å². The maximum absolute atomic E-state index is 12.2.